The highest BCUT2D eigenvalue weighted by atomic mass is 35.5. The van der Waals surface area contributed by atoms with Crippen LogP contribution in [0.3, 0.4) is 0 Å². The van der Waals surface area contributed by atoms with Gasteiger partial charge >= 0.3 is 0 Å². The molecule has 1 heterocycles. The van der Waals surface area contributed by atoms with Crippen LogP contribution in [0.5, 0.6) is 0 Å². The highest BCUT2D eigenvalue weighted by Crippen LogP contribution is 2.37. The molecule has 0 atom stereocenters. The monoisotopic (exact) mass is 342 g/mol. The van der Waals surface area contributed by atoms with Gasteiger partial charge in [0.25, 0.3) is 0 Å². The first-order valence-corrected chi connectivity index (χ1v) is 8.15. The van der Waals surface area contributed by atoms with E-state index in [1.54, 1.807) is 24.5 Å². The molecule has 0 spiro atoms. The fourth-order valence-corrected chi connectivity index (χ4v) is 3.08. The van der Waals surface area contributed by atoms with Crippen LogP contribution in [0.25, 0.3) is 0 Å². The highest BCUT2D eigenvalue weighted by molar-refractivity contribution is 7.99. The average molecular weight is 343 g/mol. The lowest BCUT2D eigenvalue weighted by molar-refractivity contribution is -0.113. The van der Waals surface area contributed by atoms with Gasteiger partial charge in [0.05, 0.1) is 16.5 Å². The van der Waals surface area contributed by atoms with Gasteiger partial charge in [-0.1, -0.05) is 35.0 Å². The van der Waals surface area contributed by atoms with Gasteiger partial charge in [0, 0.05) is 11.1 Å². The topological polar surface area (TPSA) is 59.8 Å². The van der Waals surface area contributed by atoms with Gasteiger partial charge in [0.15, 0.2) is 5.16 Å². The number of aromatic nitrogens is 3. The molecule has 0 radical (unpaired) electrons. The van der Waals surface area contributed by atoms with Crippen molar-refractivity contribution >= 4 is 46.6 Å². The number of carbonyl (C=O) groups is 1. The fraction of sp³-hybridized carbons (Fsp3) is 0.308. The molecule has 1 aromatic carbocycles. The number of thioether (sulfide) groups is 1. The summed E-state index contributed by atoms with van der Waals surface area (Å²) in [6.07, 6.45) is 4.02. The van der Waals surface area contributed by atoms with Gasteiger partial charge in [-0.25, -0.2) is 0 Å². The number of halogens is 2. The maximum atomic E-state index is 12.0. The Balaban J connectivity index is 1.57. The van der Waals surface area contributed by atoms with Gasteiger partial charge in [0.1, 0.15) is 6.33 Å². The lowest BCUT2D eigenvalue weighted by Crippen LogP contribution is -2.14. The maximum absolute atomic E-state index is 12.0. The zero-order chi connectivity index (χ0) is 14.8. The molecular weight excluding hydrogens is 331 g/mol. The molecule has 1 aliphatic carbocycles. The van der Waals surface area contributed by atoms with E-state index in [0.717, 1.165) is 18.0 Å². The third-order valence-corrected chi connectivity index (χ3v) is 4.52. The summed E-state index contributed by atoms with van der Waals surface area (Å²) in [6, 6.07) is 5.45. The number of rotatable bonds is 5. The lowest BCUT2D eigenvalue weighted by atomic mass is 10.3. The van der Waals surface area contributed by atoms with Gasteiger partial charge in [-0.05, 0) is 31.0 Å². The van der Waals surface area contributed by atoms with E-state index in [1.807, 2.05) is 4.57 Å². The highest BCUT2D eigenvalue weighted by Gasteiger charge is 2.26. The molecule has 0 bridgehead atoms. The number of benzene rings is 1. The summed E-state index contributed by atoms with van der Waals surface area (Å²) in [7, 11) is 0. The van der Waals surface area contributed by atoms with Crippen molar-refractivity contribution < 1.29 is 4.79 Å². The van der Waals surface area contributed by atoms with Crippen molar-refractivity contribution in [1.29, 1.82) is 0 Å². The van der Waals surface area contributed by atoms with Crippen molar-refractivity contribution in [2.45, 2.75) is 24.0 Å². The molecule has 5 nitrogen and oxygen atoms in total. The number of anilines is 1. The van der Waals surface area contributed by atoms with Crippen LogP contribution in [0.1, 0.15) is 18.9 Å². The average Bonchev–Trinajstić information content (AvgIpc) is 3.18. The molecular formula is C13H12Cl2N4OS. The van der Waals surface area contributed by atoms with E-state index in [2.05, 4.69) is 15.5 Å². The summed E-state index contributed by atoms with van der Waals surface area (Å²) >= 11 is 13.2. The number of carbonyl (C=O) groups excluding carboxylic acids is 1. The Morgan fingerprint density at radius 1 is 1.43 bits per heavy atom. The molecule has 1 fully saturated rings. The zero-order valence-electron chi connectivity index (χ0n) is 10.9. The van der Waals surface area contributed by atoms with Gasteiger partial charge in [0.2, 0.25) is 5.91 Å². The Bertz CT molecular complexity index is 672. The minimum Gasteiger partial charge on any atom is -0.324 e. The summed E-state index contributed by atoms with van der Waals surface area (Å²) in [5.41, 5.74) is 0.551. The van der Waals surface area contributed by atoms with Gasteiger partial charge in [-0.3, -0.25) is 4.79 Å². The SMILES string of the molecule is O=C(CSc1nncn1C1CC1)Nc1ccc(Cl)cc1Cl. The third-order valence-electron chi connectivity index (χ3n) is 3.02. The third kappa shape index (κ3) is 3.70. The van der Waals surface area contributed by atoms with E-state index < -0.39 is 0 Å². The predicted molar refractivity (Wildman–Crippen MR) is 84.1 cm³/mol. The molecule has 1 amide bonds. The van der Waals surface area contributed by atoms with Gasteiger partial charge in [-0.2, -0.15) is 0 Å². The normalized spacial score (nSPS) is 14.2. The second-order valence-electron chi connectivity index (χ2n) is 4.71. The Hall–Kier alpha value is -1.24. The van der Waals surface area contributed by atoms with Crippen LogP contribution in [0.2, 0.25) is 10.0 Å². The first-order valence-electron chi connectivity index (χ1n) is 6.40. The Kier molecular flexibility index (Phi) is 4.37. The summed E-state index contributed by atoms with van der Waals surface area (Å²) in [5.74, 6) is 0.110. The molecule has 2 aromatic rings. The van der Waals surface area contributed by atoms with Crippen LogP contribution in [0.4, 0.5) is 5.69 Å². The molecule has 8 heteroatoms. The maximum Gasteiger partial charge on any atom is 0.234 e. The van der Waals surface area contributed by atoms with Crippen LogP contribution in [0, 0.1) is 0 Å². The minimum atomic E-state index is -0.144. The molecule has 21 heavy (non-hydrogen) atoms. The first-order chi connectivity index (χ1) is 10.1. The van der Waals surface area contributed by atoms with E-state index in [1.165, 1.54) is 11.8 Å². The number of amides is 1. The Labute approximate surface area is 136 Å². The minimum absolute atomic E-state index is 0.144. The molecule has 0 saturated heterocycles. The lowest BCUT2D eigenvalue weighted by Gasteiger charge is -2.07. The number of nitrogens with one attached hydrogen (secondary N) is 1. The summed E-state index contributed by atoms with van der Waals surface area (Å²) in [5, 5.41) is 12.4. The summed E-state index contributed by atoms with van der Waals surface area (Å²) in [4.78, 5) is 12.0. The standard InChI is InChI=1S/C13H12Cl2N4OS/c14-8-1-4-11(10(15)5-8)17-12(20)6-21-13-18-16-7-19(13)9-2-3-9/h1,4-5,7,9H,2-3,6H2,(H,17,20). The van der Waals surface area contributed by atoms with Crippen molar-refractivity contribution in [3.63, 3.8) is 0 Å². The molecule has 1 aromatic heterocycles. The van der Waals surface area contributed by atoms with Crippen molar-refractivity contribution in [2.24, 2.45) is 0 Å². The van der Waals surface area contributed by atoms with Crippen LogP contribution < -0.4 is 5.32 Å². The molecule has 1 aliphatic rings. The van der Waals surface area contributed by atoms with E-state index in [9.17, 15) is 4.79 Å². The van der Waals surface area contributed by atoms with Crippen molar-refractivity contribution in [1.82, 2.24) is 14.8 Å². The van der Waals surface area contributed by atoms with Gasteiger partial charge < -0.3 is 9.88 Å². The van der Waals surface area contributed by atoms with Crippen LogP contribution in [-0.4, -0.2) is 26.4 Å². The largest absolute Gasteiger partial charge is 0.324 e. The zero-order valence-corrected chi connectivity index (χ0v) is 13.3. The number of hydrogen-bond donors (Lipinski definition) is 1. The van der Waals surface area contributed by atoms with E-state index in [0.29, 0.717) is 21.8 Å². The second-order valence-corrected chi connectivity index (χ2v) is 6.50. The molecule has 110 valence electrons. The van der Waals surface area contributed by atoms with Crippen LogP contribution >= 0.6 is 35.0 Å². The molecule has 3 rings (SSSR count). The van der Waals surface area contributed by atoms with E-state index in [-0.39, 0.29) is 11.7 Å². The smallest absolute Gasteiger partial charge is 0.234 e. The van der Waals surface area contributed by atoms with Crippen molar-refractivity contribution in [2.75, 3.05) is 11.1 Å². The molecule has 0 aliphatic heterocycles. The molecule has 1 N–H and O–H groups in total. The molecule has 0 unspecified atom stereocenters. The first kappa shape index (κ1) is 14.7. The fourth-order valence-electron chi connectivity index (χ4n) is 1.85. The van der Waals surface area contributed by atoms with E-state index in [4.69, 9.17) is 23.2 Å². The quantitative estimate of drug-likeness (QED) is 0.842. The summed E-state index contributed by atoms with van der Waals surface area (Å²) in [6.45, 7) is 0. The molecule has 1 saturated carbocycles. The number of hydrogen-bond acceptors (Lipinski definition) is 4. The predicted octanol–water partition coefficient (Wildman–Crippen LogP) is 3.65. The Morgan fingerprint density at radius 3 is 2.95 bits per heavy atom. The second kappa shape index (κ2) is 6.25. The number of nitrogens with zero attached hydrogens (tertiary/aromatic N) is 3. The van der Waals surface area contributed by atoms with Gasteiger partial charge in [-0.15, -0.1) is 10.2 Å². The van der Waals surface area contributed by atoms with Crippen LogP contribution in [0.15, 0.2) is 29.7 Å². The Morgan fingerprint density at radius 2 is 2.24 bits per heavy atom. The van der Waals surface area contributed by atoms with Crippen molar-refractivity contribution in [3.8, 4) is 0 Å². The van der Waals surface area contributed by atoms with Crippen molar-refractivity contribution in [3.05, 3.63) is 34.6 Å². The van der Waals surface area contributed by atoms with Crippen LogP contribution in [-0.2, 0) is 4.79 Å². The summed E-state index contributed by atoms with van der Waals surface area (Å²) < 4.78 is 2.02. The van der Waals surface area contributed by atoms with E-state index >= 15 is 0 Å².